The van der Waals surface area contributed by atoms with Gasteiger partial charge in [-0.15, -0.1) is 0 Å². The summed E-state index contributed by atoms with van der Waals surface area (Å²) in [5, 5.41) is 11.8. The highest BCUT2D eigenvalue weighted by Crippen LogP contribution is 2.14. The first kappa shape index (κ1) is 15.5. The van der Waals surface area contributed by atoms with E-state index in [2.05, 4.69) is 23.2 Å². The number of nitrogens with zero attached hydrogens (tertiary/aromatic N) is 2. The highest BCUT2D eigenvalue weighted by atomic mass is 16.5. The molecule has 1 amide bonds. The van der Waals surface area contributed by atoms with Crippen molar-refractivity contribution in [1.82, 2.24) is 4.90 Å². The maximum Gasteiger partial charge on any atom is 0.224 e. The number of morpholine rings is 1. The molecular weight excluding hydrogens is 266 g/mol. The molecule has 1 aromatic carbocycles. The molecule has 112 valence electrons. The minimum Gasteiger partial charge on any atom is -0.376 e. The third-order valence-corrected chi connectivity index (χ3v) is 3.52. The Kier molecular flexibility index (Phi) is 5.73. The van der Waals surface area contributed by atoms with Crippen molar-refractivity contribution in [2.75, 3.05) is 31.6 Å². The van der Waals surface area contributed by atoms with Crippen molar-refractivity contribution in [2.45, 2.75) is 25.9 Å². The SMILES string of the molecule is CC1CN(CCCC(=O)Nc2ccccc2C#N)CCO1. The Morgan fingerprint density at radius 3 is 3.10 bits per heavy atom. The second-order valence-electron chi connectivity index (χ2n) is 5.29. The van der Waals surface area contributed by atoms with E-state index in [0.717, 1.165) is 32.7 Å². The zero-order chi connectivity index (χ0) is 15.1. The monoisotopic (exact) mass is 287 g/mol. The van der Waals surface area contributed by atoms with E-state index in [4.69, 9.17) is 10.00 Å². The van der Waals surface area contributed by atoms with Crippen LogP contribution in [0.4, 0.5) is 5.69 Å². The van der Waals surface area contributed by atoms with Gasteiger partial charge in [0.15, 0.2) is 0 Å². The van der Waals surface area contributed by atoms with Crippen LogP contribution in [0.2, 0.25) is 0 Å². The first-order chi connectivity index (χ1) is 10.2. The van der Waals surface area contributed by atoms with Gasteiger partial charge in [-0.05, 0) is 32.0 Å². The van der Waals surface area contributed by atoms with Gasteiger partial charge < -0.3 is 10.1 Å². The zero-order valence-electron chi connectivity index (χ0n) is 12.3. The largest absolute Gasteiger partial charge is 0.376 e. The molecular formula is C16H21N3O2. The minimum absolute atomic E-state index is 0.0426. The maximum atomic E-state index is 11.9. The molecule has 5 heteroatoms. The summed E-state index contributed by atoms with van der Waals surface area (Å²) in [5.41, 5.74) is 1.08. The van der Waals surface area contributed by atoms with Crippen LogP contribution in [0, 0.1) is 11.3 Å². The van der Waals surface area contributed by atoms with Crippen LogP contribution in [-0.2, 0) is 9.53 Å². The van der Waals surface area contributed by atoms with Crippen molar-refractivity contribution < 1.29 is 9.53 Å². The highest BCUT2D eigenvalue weighted by molar-refractivity contribution is 5.92. The lowest BCUT2D eigenvalue weighted by molar-refractivity contribution is -0.116. The van der Waals surface area contributed by atoms with E-state index in [0.29, 0.717) is 17.7 Å². The first-order valence-electron chi connectivity index (χ1n) is 7.32. The van der Waals surface area contributed by atoms with Crippen LogP contribution in [-0.4, -0.2) is 43.2 Å². The summed E-state index contributed by atoms with van der Waals surface area (Å²) in [6.45, 7) is 5.60. The molecule has 1 aliphatic rings. The second-order valence-corrected chi connectivity index (χ2v) is 5.29. The van der Waals surface area contributed by atoms with Gasteiger partial charge in [-0.2, -0.15) is 5.26 Å². The third-order valence-electron chi connectivity index (χ3n) is 3.52. The number of benzene rings is 1. The number of hydrogen-bond donors (Lipinski definition) is 1. The first-order valence-corrected chi connectivity index (χ1v) is 7.32. The van der Waals surface area contributed by atoms with Crippen LogP contribution < -0.4 is 5.32 Å². The van der Waals surface area contributed by atoms with Crippen LogP contribution >= 0.6 is 0 Å². The van der Waals surface area contributed by atoms with Crippen molar-refractivity contribution in [3.63, 3.8) is 0 Å². The quantitative estimate of drug-likeness (QED) is 0.899. The molecule has 0 radical (unpaired) electrons. The van der Waals surface area contributed by atoms with Gasteiger partial charge in [0.2, 0.25) is 5.91 Å². The predicted molar refractivity (Wildman–Crippen MR) is 80.9 cm³/mol. The molecule has 1 aromatic rings. The number of nitrogens with one attached hydrogen (secondary N) is 1. The van der Waals surface area contributed by atoms with E-state index in [9.17, 15) is 4.79 Å². The molecule has 1 atom stereocenters. The minimum atomic E-state index is -0.0426. The number of carbonyl (C=O) groups is 1. The summed E-state index contributed by atoms with van der Waals surface area (Å²) in [5.74, 6) is -0.0426. The summed E-state index contributed by atoms with van der Waals surface area (Å²) >= 11 is 0. The molecule has 1 heterocycles. The van der Waals surface area contributed by atoms with E-state index in [1.54, 1.807) is 18.2 Å². The lowest BCUT2D eigenvalue weighted by Crippen LogP contribution is -2.41. The molecule has 1 aliphatic heterocycles. The molecule has 0 saturated carbocycles. The number of nitriles is 1. The number of hydrogen-bond acceptors (Lipinski definition) is 4. The number of amides is 1. The molecule has 1 fully saturated rings. The van der Waals surface area contributed by atoms with E-state index < -0.39 is 0 Å². The number of rotatable bonds is 5. The Bertz CT molecular complexity index is 524. The summed E-state index contributed by atoms with van der Waals surface area (Å²) in [6.07, 6.45) is 1.55. The molecule has 0 spiro atoms. The van der Waals surface area contributed by atoms with E-state index in [-0.39, 0.29) is 12.0 Å². The van der Waals surface area contributed by atoms with Gasteiger partial charge >= 0.3 is 0 Å². The maximum absolute atomic E-state index is 11.9. The highest BCUT2D eigenvalue weighted by Gasteiger charge is 2.16. The fourth-order valence-corrected chi connectivity index (χ4v) is 2.46. The Balaban J connectivity index is 1.74. The Morgan fingerprint density at radius 1 is 1.52 bits per heavy atom. The van der Waals surface area contributed by atoms with Gasteiger partial charge in [-0.1, -0.05) is 12.1 Å². The van der Waals surface area contributed by atoms with Crippen molar-refractivity contribution >= 4 is 11.6 Å². The molecule has 0 aromatic heterocycles. The molecule has 1 saturated heterocycles. The number of anilines is 1. The van der Waals surface area contributed by atoms with E-state index >= 15 is 0 Å². The van der Waals surface area contributed by atoms with E-state index in [1.165, 1.54) is 0 Å². The standard InChI is InChI=1S/C16H21N3O2/c1-13-12-19(9-10-21-13)8-4-7-16(20)18-15-6-3-2-5-14(15)11-17/h2-3,5-6,13H,4,7-10,12H2,1H3,(H,18,20). The van der Waals surface area contributed by atoms with E-state index in [1.807, 2.05) is 6.07 Å². The van der Waals surface area contributed by atoms with Gasteiger partial charge in [0.25, 0.3) is 0 Å². The summed E-state index contributed by atoms with van der Waals surface area (Å²) in [6, 6.07) is 9.12. The van der Waals surface area contributed by atoms with Gasteiger partial charge in [-0.3, -0.25) is 9.69 Å². The van der Waals surface area contributed by atoms with Gasteiger partial charge in [0.1, 0.15) is 6.07 Å². The van der Waals surface area contributed by atoms with Crippen LogP contribution in [0.5, 0.6) is 0 Å². The summed E-state index contributed by atoms with van der Waals surface area (Å²) < 4.78 is 5.49. The smallest absolute Gasteiger partial charge is 0.224 e. The van der Waals surface area contributed by atoms with Crippen molar-refractivity contribution in [3.05, 3.63) is 29.8 Å². The van der Waals surface area contributed by atoms with Gasteiger partial charge in [0, 0.05) is 19.5 Å². The normalized spacial score (nSPS) is 19.0. The lowest BCUT2D eigenvalue weighted by atomic mass is 10.2. The van der Waals surface area contributed by atoms with Gasteiger partial charge in [-0.25, -0.2) is 0 Å². The number of ether oxygens (including phenoxy) is 1. The zero-order valence-corrected chi connectivity index (χ0v) is 12.3. The van der Waals surface area contributed by atoms with Crippen molar-refractivity contribution in [3.8, 4) is 6.07 Å². The van der Waals surface area contributed by atoms with Crippen molar-refractivity contribution in [1.29, 1.82) is 5.26 Å². The Morgan fingerprint density at radius 2 is 2.33 bits per heavy atom. The van der Waals surface area contributed by atoms with Crippen LogP contribution in [0.3, 0.4) is 0 Å². The average molecular weight is 287 g/mol. The van der Waals surface area contributed by atoms with Crippen LogP contribution in [0.15, 0.2) is 24.3 Å². The lowest BCUT2D eigenvalue weighted by Gasteiger charge is -2.30. The third kappa shape index (κ3) is 4.85. The molecule has 0 aliphatic carbocycles. The molecule has 1 unspecified atom stereocenters. The Labute approximate surface area is 125 Å². The summed E-state index contributed by atoms with van der Waals surface area (Å²) in [4.78, 5) is 14.2. The van der Waals surface area contributed by atoms with Crippen LogP contribution in [0.25, 0.3) is 0 Å². The van der Waals surface area contributed by atoms with Gasteiger partial charge in [0.05, 0.1) is 24.0 Å². The average Bonchev–Trinajstić information content (AvgIpc) is 2.48. The fourth-order valence-electron chi connectivity index (χ4n) is 2.46. The summed E-state index contributed by atoms with van der Waals surface area (Å²) in [7, 11) is 0. The van der Waals surface area contributed by atoms with Crippen LogP contribution in [0.1, 0.15) is 25.3 Å². The molecule has 0 bridgehead atoms. The molecule has 1 N–H and O–H groups in total. The second kappa shape index (κ2) is 7.77. The number of carbonyl (C=O) groups excluding carboxylic acids is 1. The molecule has 5 nitrogen and oxygen atoms in total. The molecule has 2 rings (SSSR count). The van der Waals surface area contributed by atoms with Crippen molar-refractivity contribution in [2.24, 2.45) is 0 Å². The predicted octanol–water partition coefficient (Wildman–Crippen LogP) is 2.00. The molecule has 21 heavy (non-hydrogen) atoms. The fraction of sp³-hybridized carbons (Fsp3) is 0.500. The topological polar surface area (TPSA) is 65.4 Å². The Hall–Kier alpha value is -1.90. The number of para-hydroxylation sites is 1.